The van der Waals surface area contributed by atoms with Crippen molar-refractivity contribution >= 4 is 29.2 Å². The van der Waals surface area contributed by atoms with Gasteiger partial charge in [0.15, 0.2) is 5.78 Å². The molecule has 0 saturated carbocycles. The van der Waals surface area contributed by atoms with Crippen molar-refractivity contribution in [2.75, 3.05) is 38.6 Å². The molecule has 2 atom stereocenters. The number of Topliss-reactive ketones (excluding diaryl/α,β-unsaturated/α-hetero) is 1. The fraction of sp³-hybridized carbons (Fsp3) is 0.333. The maximum absolute atomic E-state index is 12.9. The Kier molecular flexibility index (Phi) is 5.94. The van der Waals surface area contributed by atoms with Gasteiger partial charge in [0.05, 0.1) is 19.1 Å². The Balaban J connectivity index is 1.37. The maximum atomic E-state index is 12.9. The van der Waals surface area contributed by atoms with Crippen LogP contribution in [-0.4, -0.2) is 79.1 Å². The lowest BCUT2D eigenvalue weighted by Crippen LogP contribution is -2.47. The molecule has 2 aliphatic heterocycles. The van der Waals surface area contributed by atoms with E-state index in [9.17, 15) is 19.2 Å². The van der Waals surface area contributed by atoms with Crippen LogP contribution < -0.4 is 10.2 Å². The molecule has 2 aromatic carbocycles. The van der Waals surface area contributed by atoms with E-state index in [0.717, 1.165) is 5.69 Å². The number of hydrogen-bond donors (Lipinski definition) is 1. The number of anilines is 1. The SMILES string of the molecule is CN(C)c1ccc(C(=O)NCC(=O)N2CC[C@@H]3[C@H]2C(=O)CN3C(=O)c2ccccc2)cc1. The number of nitrogens with zero attached hydrogens (tertiary/aromatic N) is 3. The molecule has 2 aromatic rings. The monoisotopic (exact) mass is 434 g/mol. The van der Waals surface area contributed by atoms with Gasteiger partial charge in [-0.15, -0.1) is 0 Å². The zero-order valence-electron chi connectivity index (χ0n) is 18.2. The molecule has 8 nitrogen and oxygen atoms in total. The van der Waals surface area contributed by atoms with E-state index in [1.807, 2.05) is 37.2 Å². The van der Waals surface area contributed by atoms with E-state index in [1.54, 1.807) is 41.3 Å². The molecule has 2 heterocycles. The molecule has 0 spiro atoms. The second-order valence-corrected chi connectivity index (χ2v) is 8.28. The van der Waals surface area contributed by atoms with E-state index in [2.05, 4.69) is 5.32 Å². The molecule has 0 aliphatic carbocycles. The van der Waals surface area contributed by atoms with Gasteiger partial charge in [0.1, 0.15) is 6.04 Å². The van der Waals surface area contributed by atoms with Gasteiger partial charge in [-0.2, -0.15) is 0 Å². The molecule has 0 aromatic heterocycles. The number of fused-ring (bicyclic) bond motifs is 1. The van der Waals surface area contributed by atoms with Gasteiger partial charge in [-0.1, -0.05) is 18.2 Å². The van der Waals surface area contributed by atoms with Gasteiger partial charge in [-0.25, -0.2) is 0 Å². The third-order valence-electron chi connectivity index (χ3n) is 6.07. The number of rotatable bonds is 5. The Morgan fingerprint density at radius 3 is 2.31 bits per heavy atom. The molecule has 1 N–H and O–H groups in total. The Bertz CT molecular complexity index is 1040. The second-order valence-electron chi connectivity index (χ2n) is 8.28. The zero-order valence-corrected chi connectivity index (χ0v) is 18.2. The number of amides is 3. The fourth-order valence-corrected chi connectivity index (χ4v) is 4.39. The van der Waals surface area contributed by atoms with Crippen LogP contribution in [0.2, 0.25) is 0 Å². The van der Waals surface area contributed by atoms with E-state index in [0.29, 0.717) is 24.1 Å². The van der Waals surface area contributed by atoms with Crippen molar-refractivity contribution in [2.45, 2.75) is 18.5 Å². The minimum absolute atomic E-state index is 0.00256. The average Bonchev–Trinajstić information content (AvgIpc) is 3.39. The number of benzene rings is 2. The molecule has 2 saturated heterocycles. The van der Waals surface area contributed by atoms with Crippen molar-refractivity contribution in [2.24, 2.45) is 0 Å². The smallest absolute Gasteiger partial charge is 0.254 e. The van der Waals surface area contributed by atoms with Crippen LogP contribution in [0.15, 0.2) is 54.6 Å². The highest BCUT2D eigenvalue weighted by Crippen LogP contribution is 2.30. The predicted molar refractivity (Wildman–Crippen MR) is 119 cm³/mol. The van der Waals surface area contributed by atoms with Crippen LogP contribution >= 0.6 is 0 Å². The number of nitrogens with one attached hydrogen (secondary N) is 1. The van der Waals surface area contributed by atoms with Crippen molar-refractivity contribution in [3.63, 3.8) is 0 Å². The first kappa shape index (κ1) is 21.5. The molecule has 166 valence electrons. The Morgan fingerprint density at radius 2 is 1.66 bits per heavy atom. The van der Waals surface area contributed by atoms with Crippen molar-refractivity contribution in [1.29, 1.82) is 0 Å². The molecule has 3 amide bonds. The predicted octanol–water partition coefficient (Wildman–Crippen LogP) is 1.18. The van der Waals surface area contributed by atoms with Gasteiger partial charge in [0.2, 0.25) is 5.91 Å². The minimum Gasteiger partial charge on any atom is -0.378 e. The molecule has 0 bridgehead atoms. The number of ketones is 1. The first-order valence-electron chi connectivity index (χ1n) is 10.6. The summed E-state index contributed by atoms with van der Waals surface area (Å²) in [5, 5.41) is 2.64. The highest BCUT2D eigenvalue weighted by atomic mass is 16.2. The van der Waals surface area contributed by atoms with Gasteiger partial charge in [0, 0.05) is 37.5 Å². The Hall–Kier alpha value is -3.68. The maximum Gasteiger partial charge on any atom is 0.254 e. The molecular weight excluding hydrogens is 408 g/mol. The zero-order chi connectivity index (χ0) is 22.8. The molecule has 2 aliphatic rings. The third-order valence-corrected chi connectivity index (χ3v) is 6.07. The highest BCUT2D eigenvalue weighted by molar-refractivity contribution is 6.03. The average molecular weight is 434 g/mol. The molecule has 2 fully saturated rings. The van der Waals surface area contributed by atoms with Crippen LogP contribution in [0.3, 0.4) is 0 Å². The van der Waals surface area contributed by atoms with Crippen LogP contribution in [0.4, 0.5) is 5.69 Å². The normalized spacial score (nSPS) is 19.6. The summed E-state index contributed by atoms with van der Waals surface area (Å²) >= 11 is 0. The summed E-state index contributed by atoms with van der Waals surface area (Å²) in [5.41, 5.74) is 1.95. The summed E-state index contributed by atoms with van der Waals surface area (Å²) in [7, 11) is 3.83. The lowest BCUT2D eigenvalue weighted by Gasteiger charge is -2.24. The second kappa shape index (κ2) is 8.82. The molecule has 4 rings (SSSR count). The largest absolute Gasteiger partial charge is 0.378 e. The van der Waals surface area contributed by atoms with Crippen LogP contribution in [-0.2, 0) is 9.59 Å². The topological polar surface area (TPSA) is 90.0 Å². The van der Waals surface area contributed by atoms with Crippen LogP contribution in [0.5, 0.6) is 0 Å². The summed E-state index contributed by atoms with van der Waals surface area (Å²) in [5.74, 6) is -1.01. The first-order chi connectivity index (χ1) is 15.4. The van der Waals surface area contributed by atoms with Gasteiger partial charge >= 0.3 is 0 Å². The van der Waals surface area contributed by atoms with Crippen molar-refractivity contribution < 1.29 is 19.2 Å². The number of hydrogen-bond acceptors (Lipinski definition) is 5. The quantitative estimate of drug-likeness (QED) is 0.763. The number of likely N-dealkylation sites (tertiary alicyclic amines) is 2. The molecule has 8 heteroatoms. The van der Waals surface area contributed by atoms with Gasteiger partial charge in [0.25, 0.3) is 11.8 Å². The van der Waals surface area contributed by atoms with Crippen molar-refractivity contribution in [3.05, 3.63) is 65.7 Å². The summed E-state index contributed by atoms with van der Waals surface area (Å²) in [4.78, 5) is 55.8. The van der Waals surface area contributed by atoms with Crippen LogP contribution in [0, 0.1) is 0 Å². The summed E-state index contributed by atoms with van der Waals surface area (Å²) in [6.45, 7) is 0.181. The lowest BCUT2D eigenvalue weighted by atomic mass is 10.1. The van der Waals surface area contributed by atoms with Gasteiger partial charge in [-0.3, -0.25) is 19.2 Å². The van der Waals surface area contributed by atoms with E-state index in [4.69, 9.17) is 0 Å². The standard InChI is InChI=1S/C24H26N4O4/c1-26(2)18-10-8-16(9-11-18)23(31)25-14-21(30)27-13-12-19-22(27)20(29)15-28(19)24(32)17-6-4-3-5-7-17/h3-11,19,22H,12-15H2,1-2H3,(H,25,31)/t19-,22+/m1/s1. The number of carbonyl (C=O) groups is 4. The molecular formula is C24H26N4O4. The Labute approximate surface area is 186 Å². The molecule has 32 heavy (non-hydrogen) atoms. The summed E-state index contributed by atoms with van der Waals surface area (Å²) < 4.78 is 0. The van der Waals surface area contributed by atoms with Crippen molar-refractivity contribution in [3.8, 4) is 0 Å². The van der Waals surface area contributed by atoms with E-state index >= 15 is 0 Å². The van der Waals surface area contributed by atoms with Gasteiger partial charge in [-0.05, 0) is 42.8 Å². The number of carbonyl (C=O) groups excluding carboxylic acids is 4. The van der Waals surface area contributed by atoms with E-state index in [1.165, 1.54) is 4.90 Å². The van der Waals surface area contributed by atoms with Gasteiger partial charge < -0.3 is 20.0 Å². The summed E-state index contributed by atoms with van der Waals surface area (Å²) in [6, 6.07) is 14.9. The summed E-state index contributed by atoms with van der Waals surface area (Å²) in [6.07, 6.45) is 0.542. The van der Waals surface area contributed by atoms with E-state index in [-0.39, 0.29) is 42.6 Å². The lowest BCUT2D eigenvalue weighted by molar-refractivity contribution is -0.135. The van der Waals surface area contributed by atoms with Crippen LogP contribution in [0.25, 0.3) is 0 Å². The van der Waals surface area contributed by atoms with Crippen LogP contribution in [0.1, 0.15) is 27.1 Å². The molecule has 0 unspecified atom stereocenters. The molecule has 0 radical (unpaired) electrons. The van der Waals surface area contributed by atoms with Crippen molar-refractivity contribution in [1.82, 2.24) is 15.1 Å². The minimum atomic E-state index is -0.647. The highest BCUT2D eigenvalue weighted by Gasteiger charge is 2.51. The third kappa shape index (κ3) is 4.08. The fourth-order valence-electron chi connectivity index (χ4n) is 4.39. The van der Waals surface area contributed by atoms with E-state index < -0.39 is 6.04 Å². The Morgan fingerprint density at radius 1 is 0.969 bits per heavy atom. The first-order valence-corrected chi connectivity index (χ1v) is 10.6.